The van der Waals surface area contributed by atoms with Gasteiger partial charge in [-0.3, -0.25) is 19.4 Å². The molecule has 0 N–H and O–H groups in total. The number of halogens is 6. The summed E-state index contributed by atoms with van der Waals surface area (Å²) >= 11 is 0. The van der Waals surface area contributed by atoms with Crippen LogP contribution >= 0.6 is 0 Å². The van der Waals surface area contributed by atoms with Gasteiger partial charge in [0.2, 0.25) is 0 Å². The molecule has 0 aliphatic carbocycles. The molecule has 3 aromatic carbocycles. The standard InChI is InChI=1S/C35H36F6N4O2/c36-34(37,38)27-18-26(19-28(20-27)35(39,40)41)33(47)45-12-11-29(21-30(45)17-24-7-3-1-4-8-24)42-13-15-43(16-14-42)31-22-44(23-31)32(46)25-9-5-2-6-10-25/h1-10,18-20,29-31H,11-17,21-23H2. The van der Waals surface area contributed by atoms with Crippen LogP contribution in [0.5, 0.6) is 0 Å². The number of hydrogen-bond acceptors (Lipinski definition) is 4. The zero-order chi connectivity index (χ0) is 33.3. The number of piperidine rings is 1. The van der Waals surface area contributed by atoms with Crippen molar-refractivity contribution in [2.45, 2.75) is 49.7 Å². The van der Waals surface area contributed by atoms with Crippen LogP contribution < -0.4 is 0 Å². The van der Waals surface area contributed by atoms with E-state index < -0.39 is 41.0 Å². The summed E-state index contributed by atoms with van der Waals surface area (Å²) in [4.78, 5) is 34.5. The highest BCUT2D eigenvalue weighted by atomic mass is 19.4. The molecular weight excluding hydrogens is 622 g/mol. The summed E-state index contributed by atoms with van der Waals surface area (Å²) in [5.74, 6) is -0.795. The SMILES string of the molecule is O=C(c1ccccc1)N1CC(N2CCN(C3CCN(C(=O)c4cc(C(F)(F)F)cc(C(F)(F)F)c4)C(Cc4ccccc4)C3)CC2)C1. The first kappa shape index (κ1) is 33.0. The van der Waals surface area contributed by atoms with Gasteiger partial charge < -0.3 is 9.80 Å². The minimum absolute atomic E-state index is 0.0333. The molecule has 3 aromatic rings. The lowest BCUT2D eigenvalue weighted by Crippen LogP contribution is -2.65. The van der Waals surface area contributed by atoms with E-state index >= 15 is 0 Å². The Morgan fingerprint density at radius 3 is 1.72 bits per heavy atom. The van der Waals surface area contributed by atoms with Crippen molar-refractivity contribution in [2.24, 2.45) is 0 Å². The number of carbonyl (C=O) groups excluding carboxylic acids is 2. The van der Waals surface area contributed by atoms with Gasteiger partial charge in [0.1, 0.15) is 0 Å². The molecule has 3 heterocycles. The Morgan fingerprint density at radius 2 is 1.17 bits per heavy atom. The molecule has 250 valence electrons. The number of rotatable bonds is 6. The fourth-order valence-electron chi connectivity index (χ4n) is 7.04. The van der Waals surface area contributed by atoms with Gasteiger partial charge in [0, 0.05) is 75.1 Å². The molecule has 0 aromatic heterocycles. The Labute approximate surface area is 269 Å². The quantitative estimate of drug-likeness (QED) is 0.302. The highest BCUT2D eigenvalue weighted by Gasteiger charge is 2.41. The van der Waals surface area contributed by atoms with Gasteiger partial charge in [0.15, 0.2) is 0 Å². The van der Waals surface area contributed by atoms with Gasteiger partial charge in [0.05, 0.1) is 11.1 Å². The lowest BCUT2D eigenvalue weighted by molar-refractivity contribution is -0.143. The van der Waals surface area contributed by atoms with Gasteiger partial charge in [-0.05, 0) is 55.2 Å². The topological polar surface area (TPSA) is 47.1 Å². The Morgan fingerprint density at radius 1 is 0.638 bits per heavy atom. The lowest BCUT2D eigenvalue weighted by atomic mass is 9.90. The number of amides is 2. The zero-order valence-electron chi connectivity index (χ0n) is 25.7. The van der Waals surface area contributed by atoms with Crippen LogP contribution in [0.1, 0.15) is 50.2 Å². The van der Waals surface area contributed by atoms with Crippen molar-refractivity contribution in [2.75, 3.05) is 45.8 Å². The van der Waals surface area contributed by atoms with Crippen molar-refractivity contribution in [1.29, 1.82) is 0 Å². The van der Waals surface area contributed by atoms with Gasteiger partial charge >= 0.3 is 12.4 Å². The highest BCUT2D eigenvalue weighted by Crippen LogP contribution is 2.37. The van der Waals surface area contributed by atoms with E-state index in [4.69, 9.17) is 0 Å². The summed E-state index contributed by atoms with van der Waals surface area (Å²) in [6.45, 7) is 4.82. The van der Waals surface area contributed by atoms with Gasteiger partial charge in [-0.15, -0.1) is 0 Å². The van der Waals surface area contributed by atoms with Crippen LogP contribution in [0.15, 0.2) is 78.9 Å². The highest BCUT2D eigenvalue weighted by molar-refractivity contribution is 5.95. The van der Waals surface area contributed by atoms with Crippen molar-refractivity contribution < 1.29 is 35.9 Å². The van der Waals surface area contributed by atoms with Crippen LogP contribution in [0, 0.1) is 0 Å². The van der Waals surface area contributed by atoms with Crippen LogP contribution in [0.3, 0.4) is 0 Å². The van der Waals surface area contributed by atoms with E-state index in [0.717, 1.165) is 31.7 Å². The Balaban J connectivity index is 1.12. The maximum atomic E-state index is 13.7. The first-order valence-electron chi connectivity index (χ1n) is 15.8. The first-order valence-corrected chi connectivity index (χ1v) is 15.8. The number of likely N-dealkylation sites (tertiary alicyclic amines) is 2. The Hall–Kier alpha value is -3.90. The molecule has 3 saturated heterocycles. The third-order valence-electron chi connectivity index (χ3n) is 9.65. The summed E-state index contributed by atoms with van der Waals surface area (Å²) in [5.41, 5.74) is -2.00. The number of carbonyl (C=O) groups is 2. The van der Waals surface area contributed by atoms with Gasteiger partial charge in [-0.2, -0.15) is 26.3 Å². The van der Waals surface area contributed by atoms with E-state index in [-0.39, 0.29) is 24.6 Å². The molecule has 0 bridgehead atoms. The van der Waals surface area contributed by atoms with E-state index in [1.807, 2.05) is 65.6 Å². The number of alkyl halides is 6. The second-order valence-corrected chi connectivity index (χ2v) is 12.6. The van der Waals surface area contributed by atoms with Crippen molar-refractivity contribution in [3.8, 4) is 0 Å². The summed E-state index contributed by atoms with van der Waals surface area (Å²) < 4.78 is 81.4. The first-order chi connectivity index (χ1) is 22.4. The molecule has 0 radical (unpaired) electrons. The van der Waals surface area contributed by atoms with Crippen molar-refractivity contribution in [3.63, 3.8) is 0 Å². The largest absolute Gasteiger partial charge is 0.416 e. The second-order valence-electron chi connectivity index (χ2n) is 12.6. The third kappa shape index (κ3) is 7.49. The van der Waals surface area contributed by atoms with Crippen LogP contribution in [0.4, 0.5) is 26.3 Å². The maximum absolute atomic E-state index is 13.7. The molecule has 12 heteroatoms. The molecule has 2 atom stereocenters. The molecule has 0 spiro atoms. The fraction of sp³-hybridized carbons (Fsp3) is 0.429. The van der Waals surface area contributed by atoms with Crippen LogP contribution in [0.2, 0.25) is 0 Å². The summed E-state index contributed by atoms with van der Waals surface area (Å²) in [7, 11) is 0. The smallest absolute Gasteiger partial charge is 0.335 e. The molecule has 0 saturated carbocycles. The lowest BCUT2D eigenvalue weighted by Gasteiger charge is -2.50. The van der Waals surface area contributed by atoms with Crippen LogP contribution in [-0.2, 0) is 18.8 Å². The molecule has 3 fully saturated rings. The summed E-state index contributed by atoms with van der Waals surface area (Å²) in [5, 5.41) is 0. The molecule has 2 unspecified atom stereocenters. The van der Waals surface area contributed by atoms with Crippen molar-refractivity contribution >= 4 is 11.8 Å². The van der Waals surface area contributed by atoms with E-state index in [9.17, 15) is 35.9 Å². The molecule has 6 rings (SSSR count). The summed E-state index contributed by atoms with van der Waals surface area (Å²) in [6.07, 6.45) is -8.53. The van der Waals surface area contributed by atoms with Gasteiger partial charge in [-0.25, -0.2) is 0 Å². The minimum atomic E-state index is -5.04. The Kier molecular flexibility index (Phi) is 9.35. The maximum Gasteiger partial charge on any atom is 0.416 e. The van der Waals surface area contributed by atoms with E-state index in [0.29, 0.717) is 56.1 Å². The summed E-state index contributed by atoms with van der Waals surface area (Å²) in [6, 6.07) is 19.7. The van der Waals surface area contributed by atoms with E-state index in [1.165, 1.54) is 4.90 Å². The second kappa shape index (κ2) is 13.3. The van der Waals surface area contributed by atoms with E-state index in [2.05, 4.69) is 9.80 Å². The average Bonchev–Trinajstić information content (AvgIpc) is 3.04. The predicted octanol–water partition coefficient (Wildman–Crippen LogP) is 6.08. The van der Waals surface area contributed by atoms with Crippen LogP contribution in [-0.4, -0.2) is 95.4 Å². The number of benzene rings is 3. The van der Waals surface area contributed by atoms with E-state index in [1.54, 1.807) is 0 Å². The normalized spacial score (nSPS) is 21.8. The zero-order valence-corrected chi connectivity index (χ0v) is 25.7. The van der Waals surface area contributed by atoms with Crippen molar-refractivity contribution in [1.82, 2.24) is 19.6 Å². The van der Waals surface area contributed by atoms with Gasteiger partial charge in [-0.1, -0.05) is 48.5 Å². The number of hydrogen-bond donors (Lipinski definition) is 0. The molecule has 6 nitrogen and oxygen atoms in total. The number of nitrogens with zero attached hydrogens (tertiary/aromatic N) is 4. The Bertz CT molecular complexity index is 1520. The average molecular weight is 659 g/mol. The predicted molar refractivity (Wildman–Crippen MR) is 164 cm³/mol. The van der Waals surface area contributed by atoms with Gasteiger partial charge in [0.25, 0.3) is 11.8 Å². The molecule has 3 aliphatic heterocycles. The fourth-order valence-corrected chi connectivity index (χ4v) is 7.04. The third-order valence-corrected chi connectivity index (χ3v) is 9.65. The number of piperazine rings is 1. The molecule has 3 aliphatic rings. The monoisotopic (exact) mass is 658 g/mol. The van der Waals surface area contributed by atoms with Crippen molar-refractivity contribution in [3.05, 3.63) is 107 Å². The molecule has 47 heavy (non-hydrogen) atoms. The molecular formula is C35H36F6N4O2. The van der Waals surface area contributed by atoms with Crippen LogP contribution in [0.25, 0.3) is 0 Å². The minimum Gasteiger partial charge on any atom is -0.335 e. The molecule has 2 amide bonds.